The highest BCUT2D eigenvalue weighted by atomic mass is 35.5. The van der Waals surface area contributed by atoms with Gasteiger partial charge in [-0.2, -0.15) is 5.26 Å². The zero-order valence-corrected chi connectivity index (χ0v) is 18.6. The summed E-state index contributed by atoms with van der Waals surface area (Å²) in [5.41, 5.74) is 0.916. The predicted octanol–water partition coefficient (Wildman–Crippen LogP) is 2.30. The van der Waals surface area contributed by atoms with Crippen LogP contribution in [0.25, 0.3) is 11.0 Å². The largest absolute Gasteiger partial charge is 0.356 e. The zero-order valence-electron chi connectivity index (χ0n) is 17.1. The number of benzene rings is 1. The number of nitrogens with zero attached hydrogens (tertiary/aromatic N) is 2. The standard InChI is InChI=1S/C21H22Cl2N6O3/c22-12-7-14(23)17-15(8-12)27-18(29-17)21(32)28-16(5-10-1-2-10)20(31)26-13(9-24)6-11-3-4-25-19(11)30/h7-8,10-11,13,16H,1-6H2,(H,25,30)(H,26,31)(H,27,29)(H,28,32). The van der Waals surface area contributed by atoms with Gasteiger partial charge in [0.1, 0.15) is 17.6 Å². The number of halogens is 2. The van der Waals surface area contributed by atoms with Crippen molar-refractivity contribution in [3.8, 4) is 6.07 Å². The number of imidazole rings is 1. The van der Waals surface area contributed by atoms with Crippen LogP contribution in [-0.4, -0.2) is 46.3 Å². The molecule has 2 aliphatic rings. The van der Waals surface area contributed by atoms with Crippen molar-refractivity contribution in [1.29, 1.82) is 5.26 Å². The van der Waals surface area contributed by atoms with E-state index >= 15 is 0 Å². The van der Waals surface area contributed by atoms with E-state index in [0.29, 0.717) is 46.4 Å². The van der Waals surface area contributed by atoms with Gasteiger partial charge in [-0.15, -0.1) is 0 Å². The van der Waals surface area contributed by atoms with E-state index in [0.717, 1.165) is 12.8 Å². The lowest BCUT2D eigenvalue weighted by molar-refractivity contribution is -0.125. The van der Waals surface area contributed by atoms with Gasteiger partial charge in [0.2, 0.25) is 11.8 Å². The Hall–Kier alpha value is -2.83. The number of nitrogens with one attached hydrogen (secondary N) is 4. The molecule has 1 aromatic carbocycles. The van der Waals surface area contributed by atoms with E-state index in [1.54, 1.807) is 6.07 Å². The molecule has 9 nitrogen and oxygen atoms in total. The molecule has 2 heterocycles. The third kappa shape index (κ3) is 5.14. The highest BCUT2D eigenvalue weighted by molar-refractivity contribution is 6.38. The summed E-state index contributed by atoms with van der Waals surface area (Å²) in [6.07, 6.45) is 3.31. The average molecular weight is 477 g/mol. The van der Waals surface area contributed by atoms with Gasteiger partial charge in [-0.3, -0.25) is 14.4 Å². The van der Waals surface area contributed by atoms with Gasteiger partial charge in [0.05, 0.1) is 16.6 Å². The van der Waals surface area contributed by atoms with E-state index < -0.39 is 23.9 Å². The van der Waals surface area contributed by atoms with Crippen molar-refractivity contribution in [2.75, 3.05) is 6.54 Å². The Labute approximate surface area is 194 Å². The number of aromatic nitrogens is 2. The summed E-state index contributed by atoms with van der Waals surface area (Å²) < 4.78 is 0. The maximum Gasteiger partial charge on any atom is 0.287 e. The topological polar surface area (TPSA) is 140 Å². The second-order valence-corrected chi connectivity index (χ2v) is 9.12. The van der Waals surface area contributed by atoms with Crippen LogP contribution in [0.2, 0.25) is 10.0 Å². The van der Waals surface area contributed by atoms with Gasteiger partial charge in [0.15, 0.2) is 5.82 Å². The first-order valence-corrected chi connectivity index (χ1v) is 11.2. The first-order chi connectivity index (χ1) is 15.3. The molecule has 4 rings (SSSR count). The van der Waals surface area contributed by atoms with Gasteiger partial charge >= 0.3 is 0 Å². The summed E-state index contributed by atoms with van der Waals surface area (Å²) in [7, 11) is 0. The molecular weight excluding hydrogens is 455 g/mol. The number of fused-ring (bicyclic) bond motifs is 1. The van der Waals surface area contributed by atoms with Gasteiger partial charge < -0.3 is 20.9 Å². The van der Waals surface area contributed by atoms with Crippen LogP contribution >= 0.6 is 23.2 Å². The van der Waals surface area contributed by atoms with Crippen LogP contribution in [-0.2, 0) is 9.59 Å². The van der Waals surface area contributed by atoms with Crippen LogP contribution in [0, 0.1) is 23.2 Å². The van der Waals surface area contributed by atoms with Gasteiger partial charge in [-0.1, -0.05) is 36.0 Å². The SMILES string of the molecule is N#CC(CC1CCNC1=O)NC(=O)C(CC1CC1)NC(=O)c1nc2c(Cl)cc(Cl)cc2[nH]1. The molecule has 1 saturated carbocycles. The Balaban J connectivity index is 1.45. The van der Waals surface area contributed by atoms with Crippen LogP contribution in [0.15, 0.2) is 12.1 Å². The predicted molar refractivity (Wildman–Crippen MR) is 118 cm³/mol. The molecule has 1 saturated heterocycles. The van der Waals surface area contributed by atoms with Crippen LogP contribution in [0.5, 0.6) is 0 Å². The summed E-state index contributed by atoms with van der Waals surface area (Å²) in [6.45, 7) is 0.572. The molecule has 1 aliphatic carbocycles. The molecule has 2 aromatic rings. The maximum absolute atomic E-state index is 12.9. The maximum atomic E-state index is 12.9. The lowest BCUT2D eigenvalue weighted by atomic mass is 9.98. The van der Waals surface area contributed by atoms with Crippen LogP contribution < -0.4 is 16.0 Å². The summed E-state index contributed by atoms with van der Waals surface area (Å²) in [5, 5.41) is 18.3. The molecule has 1 aromatic heterocycles. The molecule has 3 atom stereocenters. The summed E-state index contributed by atoms with van der Waals surface area (Å²) in [4.78, 5) is 44.7. The normalized spacial score (nSPS) is 19.8. The second-order valence-electron chi connectivity index (χ2n) is 8.28. The van der Waals surface area contributed by atoms with E-state index in [1.807, 2.05) is 6.07 Å². The van der Waals surface area contributed by atoms with Gasteiger partial charge in [-0.05, 0) is 37.3 Å². The molecule has 0 bridgehead atoms. The van der Waals surface area contributed by atoms with Crippen LogP contribution in [0.3, 0.4) is 0 Å². The number of carbonyl (C=O) groups is 3. The van der Waals surface area contributed by atoms with Crippen LogP contribution in [0.1, 0.15) is 42.7 Å². The highest BCUT2D eigenvalue weighted by Gasteiger charge is 2.33. The Kier molecular flexibility index (Phi) is 6.53. The number of H-pyrrole nitrogens is 1. The first kappa shape index (κ1) is 22.4. The molecule has 1 aliphatic heterocycles. The lowest BCUT2D eigenvalue weighted by Gasteiger charge is -2.21. The molecule has 4 N–H and O–H groups in total. The van der Waals surface area contributed by atoms with Gasteiger partial charge in [0, 0.05) is 17.5 Å². The molecule has 0 radical (unpaired) electrons. The van der Waals surface area contributed by atoms with Crippen molar-refractivity contribution in [3.05, 3.63) is 28.0 Å². The van der Waals surface area contributed by atoms with Gasteiger partial charge in [-0.25, -0.2) is 4.98 Å². The molecule has 168 valence electrons. The van der Waals surface area contributed by atoms with Crippen molar-refractivity contribution in [2.45, 2.75) is 44.2 Å². The van der Waals surface area contributed by atoms with E-state index in [4.69, 9.17) is 23.2 Å². The monoisotopic (exact) mass is 476 g/mol. The molecule has 11 heteroatoms. The quantitative estimate of drug-likeness (QED) is 0.462. The van der Waals surface area contributed by atoms with Crippen molar-refractivity contribution in [3.63, 3.8) is 0 Å². The molecule has 0 spiro atoms. The minimum atomic E-state index is -0.824. The second kappa shape index (κ2) is 9.35. The number of aromatic amines is 1. The number of rotatable bonds is 8. The molecular formula is C21H22Cl2N6O3. The Morgan fingerprint density at radius 1 is 1.22 bits per heavy atom. The third-order valence-electron chi connectivity index (χ3n) is 5.76. The van der Waals surface area contributed by atoms with Gasteiger partial charge in [0.25, 0.3) is 5.91 Å². The Morgan fingerprint density at radius 3 is 2.66 bits per heavy atom. The summed E-state index contributed by atoms with van der Waals surface area (Å²) >= 11 is 12.1. The van der Waals surface area contributed by atoms with E-state index in [2.05, 4.69) is 25.9 Å². The Bertz CT molecular complexity index is 1110. The number of hydrogen-bond acceptors (Lipinski definition) is 5. The minimum Gasteiger partial charge on any atom is -0.356 e. The number of amides is 3. The van der Waals surface area contributed by atoms with Crippen molar-refractivity contribution < 1.29 is 14.4 Å². The average Bonchev–Trinajstić information content (AvgIpc) is 3.31. The van der Waals surface area contributed by atoms with Crippen molar-refractivity contribution in [2.24, 2.45) is 11.8 Å². The summed E-state index contributed by atoms with van der Waals surface area (Å²) in [5.74, 6) is -1.06. The first-order valence-electron chi connectivity index (χ1n) is 10.5. The highest BCUT2D eigenvalue weighted by Crippen LogP contribution is 2.34. The third-order valence-corrected chi connectivity index (χ3v) is 6.27. The molecule has 2 fully saturated rings. The number of hydrogen-bond donors (Lipinski definition) is 4. The molecule has 3 amide bonds. The fraction of sp³-hybridized carbons (Fsp3) is 0.476. The fourth-order valence-corrected chi connectivity index (χ4v) is 4.40. The van der Waals surface area contributed by atoms with Crippen molar-refractivity contribution >= 4 is 52.0 Å². The van der Waals surface area contributed by atoms with E-state index in [-0.39, 0.29) is 24.1 Å². The van der Waals surface area contributed by atoms with Crippen molar-refractivity contribution in [1.82, 2.24) is 25.9 Å². The Morgan fingerprint density at radius 2 is 2.00 bits per heavy atom. The van der Waals surface area contributed by atoms with Crippen LogP contribution in [0.4, 0.5) is 0 Å². The zero-order chi connectivity index (χ0) is 22.8. The molecule has 32 heavy (non-hydrogen) atoms. The van der Waals surface area contributed by atoms with E-state index in [1.165, 1.54) is 6.07 Å². The molecule has 3 unspecified atom stereocenters. The smallest absolute Gasteiger partial charge is 0.287 e. The lowest BCUT2D eigenvalue weighted by Crippen LogP contribution is -2.50. The number of carbonyl (C=O) groups excluding carboxylic acids is 3. The summed E-state index contributed by atoms with van der Waals surface area (Å²) in [6, 6.07) is 3.55. The minimum absolute atomic E-state index is 0.0113. The fourth-order valence-electron chi connectivity index (χ4n) is 3.87. The van der Waals surface area contributed by atoms with E-state index in [9.17, 15) is 19.6 Å². The number of nitriles is 1.